The van der Waals surface area contributed by atoms with Crippen molar-refractivity contribution in [1.82, 2.24) is 14.8 Å². The zero-order valence-corrected chi connectivity index (χ0v) is 21.5. The summed E-state index contributed by atoms with van der Waals surface area (Å²) in [6.45, 7) is 4.33. The Labute approximate surface area is 219 Å². The largest absolute Gasteiger partial charge is 0.492 e. The second-order valence-electron chi connectivity index (χ2n) is 10.0. The van der Waals surface area contributed by atoms with Gasteiger partial charge in [0.2, 0.25) is 0 Å². The molecule has 0 spiro atoms. The van der Waals surface area contributed by atoms with Crippen LogP contribution in [0.15, 0.2) is 48.7 Å². The van der Waals surface area contributed by atoms with Crippen molar-refractivity contribution >= 4 is 5.97 Å². The summed E-state index contributed by atoms with van der Waals surface area (Å²) in [5.41, 5.74) is 8.01. The van der Waals surface area contributed by atoms with E-state index in [4.69, 9.17) is 19.6 Å². The van der Waals surface area contributed by atoms with Gasteiger partial charge in [0.1, 0.15) is 23.4 Å². The van der Waals surface area contributed by atoms with Gasteiger partial charge in [-0.15, -0.1) is 0 Å². The van der Waals surface area contributed by atoms with Gasteiger partial charge in [0.15, 0.2) is 0 Å². The van der Waals surface area contributed by atoms with Crippen LogP contribution in [0.2, 0.25) is 0 Å². The Morgan fingerprint density at radius 3 is 2.82 bits per heavy atom. The molecule has 2 atom stereocenters. The number of benzene rings is 2. The first-order valence-corrected chi connectivity index (χ1v) is 12.7. The Morgan fingerprint density at radius 2 is 2.05 bits per heavy atom. The highest BCUT2D eigenvalue weighted by Crippen LogP contribution is 2.45. The summed E-state index contributed by atoms with van der Waals surface area (Å²) in [4.78, 5) is 15.9. The number of aryl methyl sites for hydroxylation is 2. The van der Waals surface area contributed by atoms with Gasteiger partial charge in [-0.1, -0.05) is 18.2 Å². The summed E-state index contributed by atoms with van der Waals surface area (Å²) < 4.78 is 29.2. The van der Waals surface area contributed by atoms with Gasteiger partial charge in [-0.3, -0.25) is 14.5 Å². The molecule has 2 aromatic carbocycles. The molecule has 0 radical (unpaired) electrons. The number of hydrogen-bond acceptors (Lipinski definition) is 5. The second kappa shape index (κ2) is 9.28. The number of aromatic nitrogens is 3. The number of carboxylic acid groups (broad SMARTS) is 1. The summed E-state index contributed by atoms with van der Waals surface area (Å²) in [6, 6.07) is 12.7. The number of halogens is 1. The molecule has 8 heteroatoms. The molecule has 4 aromatic rings. The van der Waals surface area contributed by atoms with E-state index in [1.807, 2.05) is 55.9 Å². The van der Waals surface area contributed by atoms with Crippen molar-refractivity contribution in [2.75, 3.05) is 6.61 Å². The molecule has 6 rings (SSSR count). The maximum Gasteiger partial charge on any atom is 0.304 e. The number of pyridine rings is 1. The van der Waals surface area contributed by atoms with E-state index in [1.54, 1.807) is 12.3 Å². The van der Waals surface area contributed by atoms with Crippen LogP contribution in [0.5, 0.6) is 11.5 Å². The van der Waals surface area contributed by atoms with Gasteiger partial charge in [-0.05, 0) is 56.0 Å². The average molecular weight is 514 g/mol. The van der Waals surface area contributed by atoms with Crippen molar-refractivity contribution in [2.45, 2.75) is 45.1 Å². The molecule has 3 heterocycles. The SMILES string of the molecule is Cc1nn(C)c(C)c1-c1ncccc1-c1ccc(F)c2c1CC[C@H]2Oc1ccc2c(c1)OC[C@H]2CC(=O)O. The highest BCUT2D eigenvalue weighted by Gasteiger charge is 2.32. The van der Waals surface area contributed by atoms with Gasteiger partial charge in [0.05, 0.1) is 24.4 Å². The lowest BCUT2D eigenvalue weighted by Crippen LogP contribution is -2.07. The van der Waals surface area contributed by atoms with E-state index in [0.717, 1.165) is 44.9 Å². The van der Waals surface area contributed by atoms with Crippen molar-refractivity contribution in [1.29, 1.82) is 0 Å². The van der Waals surface area contributed by atoms with Crippen molar-refractivity contribution in [3.8, 4) is 33.9 Å². The third kappa shape index (κ3) is 4.00. The lowest BCUT2D eigenvalue weighted by atomic mass is 9.92. The zero-order valence-electron chi connectivity index (χ0n) is 21.5. The van der Waals surface area contributed by atoms with Gasteiger partial charge in [0, 0.05) is 53.2 Å². The fourth-order valence-corrected chi connectivity index (χ4v) is 5.86. The first-order valence-electron chi connectivity index (χ1n) is 12.7. The molecular formula is C30H28FN3O4. The molecule has 0 amide bonds. The zero-order chi connectivity index (χ0) is 26.6. The van der Waals surface area contributed by atoms with Gasteiger partial charge in [-0.25, -0.2) is 4.39 Å². The monoisotopic (exact) mass is 513 g/mol. The predicted molar refractivity (Wildman–Crippen MR) is 140 cm³/mol. The number of rotatable bonds is 6. The molecule has 2 aromatic heterocycles. The van der Waals surface area contributed by atoms with Gasteiger partial charge in [-0.2, -0.15) is 5.10 Å². The van der Waals surface area contributed by atoms with Crippen LogP contribution in [0.3, 0.4) is 0 Å². The maximum absolute atomic E-state index is 15.3. The van der Waals surface area contributed by atoms with E-state index in [1.165, 1.54) is 6.07 Å². The lowest BCUT2D eigenvalue weighted by molar-refractivity contribution is -0.137. The molecule has 0 bridgehead atoms. The summed E-state index contributed by atoms with van der Waals surface area (Å²) >= 11 is 0. The molecule has 7 nitrogen and oxygen atoms in total. The van der Waals surface area contributed by atoms with Crippen LogP contribution in [-0.4, -0.2) is 32.4 Å². The summed E-state index contributed by atoms with van der Waals surface area (Å²) in [7, 11) is 1.92. The van der Waals surface area contributed by atoms with E-state index in [-0.39, 0.29) is 18.2 Å². The number of carboxylic acids is 1. The van der Waals surface area contributed by atoms with E-state index in [2.05, 4.69) is 5.10 Å². The van der Waals surface area contributed by atoms with Gasteiger partial charge in [0.25, 0.3) is 0 Å². The number of aliphatic carboxylic acids is 1. The molecule has 0 saturated carbocycles. The number of ether oxygens (including phenoxy) is 2. The minimum Gasteiger partial charge on any atom is -0.492 e. The second-order valence-corrected chi connectivity index (χ2v) is 10.0. The van der Waals surface area contributed by atoms with Crippen molar-refractivity contribution in [3.63, 3.8) is 0 Å². The highest BCUT2D eigenvalue weighted by atomic mass is 19.1. The fourth-order valence-electron chi connectivity index (χ4n) is 5.86. The van der Waals surface area contributed by atoms with Crippen molar-refractivity contribution in [2.24, 2.45) is 7.05 Å². The lowest BCUT2D eigenvalue weighted by Gasteiger charge is -2.18. The molecule has 0 fully saturated rings. The number of nitrogens with zero attached hydrogens (tertiary/aromatic N) is 3. The third-order valence-corrected chi connectivity index (χ3v) is 7.69. The standard InChI is InChI=1S/C30H28FN3O4/c1-16-28(17(2)34(3)33-16)30-23(5-4-12-32-30)21-8-10-24(31)29-22(21)9-11-25(29)38-19-6-7-20-18(13-27(35)36)15-37-26(20)14-19/h4-8,10,12,14,18,25H,9,11,13,15H2,1-3H3,(H,35,36)/t18-,25-/m1/s1. The third-order valence-electron chi connectivity index (χ3n) is 7.69. The molecule has 194 valence electrons. The van der Waals surface area contributed by atoms with Crippen LogP contribution < -0.4 is 9.47 Å². The normalized spacial score (nSPS) is 17.7. The Bertz CT molecular complexity index is 1580. The van der Waals surface area contributed by atoms with E-state index in [0.29, 0.717) is 36.5 Å². The minimum absolute atomic E-state index is 0.0195. The van der Waals surface area contributed by atoms with Crippen LogP contribution in [0.25, 0.3) is 22.4 Å². The summed E-state index contributed by atoms with van der Waals surface area (Å²) in [5, 5.41) is 13.7. The quantitative estimate of drug-likeness (QED) is 0.344. The van der Waals surface area contributed by atoms with E-state index >= 15 is 4.39 Å². The van der Waals surface area contributed by atoms with E-state index in [9.17, 15) is 4.79 Å². The molecule has 0 saturated heterocycles. The van der Waals surface area contributed by atoms with Crippen LogP contribution in [0.1, 0.15) is 52.9 Å². The summed E-state index contributed by atoms with van der Waals surface area (Å²) in [5.74, 6) is -0.116. The van der Waals surface area contributed by atoms with Crippen LogP contribution in [-0.2, 0) is 18.3 Å². The van der Waals surface area contributed by atoms with Crippen molar-refractivity contribution < 1.29 is 23.8 Å². The molecule has 2 aliphatic rings. The smallest absolute Gasteiger partial charge is 0.304 e. The highest BCUT2D eigenvalue weighted by molar-refractivity contribution is 5.85. The molecule has 1 aliphatic carbocycles. The van der Waals surface area contributed by atoms with Crippen LogP contribution >= 0.6 is 0 Å². The minimum atomic E-state index is -0.855. The topological polar surface area (TPSA) is 86.5 Å². The molecule has 0 unspecified atom stereocenters. The average Bonchev–Trinajstić information content (AvgIpc) is 3.56. The fraction of sp³-hybridized carbons (Fsp3) is 0.300. The van der Waals surface area contributed by atoms with Crippen LogP contribution in [0, 0.1) is 19.7 Å². The Hall–Kier alpha value is -4.20. The van der Waals surface area contributed by atoms with Crippen molar-refractivity contribution in [3.05, 3.63) is 82.6 Å². The predicted octanol–water partition coefficient (Wildman–Crippen LogP) is 5.92. The summed E-state index contributed by atoms with van der Waals surface area (Å²) in [6.07, 6.45) is 2.67. The first kappa shape index (κ1) is 24.2. The van der Waals surface area contributed by atoms with Gasteiger partial charge >= 0.3 is 5.97 Å². The Balaban J connectivity index is 1.35. The molecular weight excluding hydrogens is 485 g/mol. The molecule has 1 N–H and O–H groups in total. The maximum atomic E-state index is 15.3. The van der Waals surface area contributed by atoms with Crippen LogP contribution in [0.4, 0.5) is 4.39 Å². The number of carbonyl (C=O) groups is 1. The number of fused-ring (bicyclic) bond motifs is 2. The van der Waals surface area contributed by atoms with E-state index < -0.39 is 12.1 Å². The molecule has 1 aliphatic heterocycles. The Kier molecular flexibility index (Phi) is 5.90. The number of hydrogen-bond donors (Lipinski definition) is 1. The molecule has 38 heavy (non-hydrogen) atoms. The Morgan fingerprint density at radius 1 is 1.21 bits per heavy atom. The first-order chi connectivity index (χ1) is 18.3. The van der Waals surface area contributed by atoms with Gasteiger partial charge < -0.3 is 14.6 Å².